The number of aromatic nitrogens is 1. The van der Waals surface area contributed by atoms with Crippen LogP contribution in [-0.2, 0) is 0 Å². The number of benzene rings is 1. The number of rotatable bonds is 2. The van der Waals surface area contributed by atoms with Gasteiger partial charge in [-0.3, -0.25) is 9.78 Å². The Balaban J connectivity index is 2.21. The predicted octanol–water partition coefficient (Wildman–Crippen LogP) is 2.44. The number of hydrogen-bond acceptors (Lipinski definition) is 3. The third kappa shape index (κ3) is 4.02. The second-order valence-electron chi connectivity index (χ2n) is 4.05. The molecule has 0 fully saturated rings. The van der Waals surface area contributed by atoms with E-state index < -0.39 is 11.7 Å². The summed E-state index contributed by atoms with van der Waals surface area (Å²) in [6.45, 7) is 0.210. The van der Waals surface area contributed by atoms with Crippen molar-refractivity contribution >= 4 is 23.2 Å². The number of pyridine rings is 1. The monoisotopic (exact) mass is 303 g/mol. The van der Waals surface area contributed by atoms with Crippen LogP contribution in [0.4, 0.5) is 10.1 Å². The molecule has 4 nitrogen and oxygen atoms in total. The van der Waals surface area contributed by atoms with E-state index in [2.05, 4.69) is 22.1 Å². The summed E-state index contributed by atoms with van der Waals surface area (Å²) < 4.78 is 13.0. The molecule has 21 heavy (non-hydrogen) atoms. The maximum Gasteiger partial charge on any atom is 0.257 e. The third-order valence-corrected chi connectivity index (χ3v) is 2.85. The number of carbonyl (C=O) groups excluding carboxylic acids is 1. The molecule has 0 radical (unpaired) electrons. The van der Waals surface area contributed by atoms with Crippen molar-refractivity contribution in [1.82, 2.24) is 4.98 Å². The van der Waals surface area contributed by atoms with Crippen LogP contribution in [0.1, 0.15) is 15.9 Å². The zero-order valence-corrected chi connectivity index (χ0v) is 11.6. The van der Waals surface area contributed by atoms with E-state index in [-0.39, 0.29) is 12.1 Å². The molecule has 0 aliphatic carbocycles. The Labute approximate surface area is 126 Å². The summed E-state index contributed by atoms with van der Waals surface area (Å²) in [5, 5.41) is 3.09. The van der Waals surface area contributed by atoms with E-state index in [1.807, 2.05) is 0 Å². The van der Waals surface area contributed by atoms with Gasteiger partial charge in [0.25, 0.3) is 5.91 Å². The van der Waals surface area contributed by atoms with Crippen LogP contribution in [0.2, 0.25) is 5.02 Å². The van der Waals surface area contributed by atoms with Gasteiger partial charge in [-0.15, -0.1) is 0 Å². The number of anilines is 1. The molecular weight excluding hydrogens is 293 g/mol. The minimum atomic E-state index is -0.576. The molecule has 0 aliphatic heterocycles. The van der Waals surface area contributed by atoms with E-state index in [0.29, 0.717) is 16.3 Å². The Morgan fingerprint density at radius 2 is 2.19 bits per heavy atom. The van der Waals surface area contributed by atoms with Gasteiger partial charge in [-0.2, -0.15) is 0 Å². The molecule has 1 heterocycles. The van der Waals surface area contributed by atoms with Crippen molar-refractivity contribution in [2.45, 2.75) is 0 Å². The maximum atomic E-state index is 13.0. The van der Waals surface area contributed by atoms with E-state index in [9.17, 15) is 9.18 Å². The van der Waals surface area contributed by atoms with Crippen molar-refractivity contribution in [3.63, 3.8) is 0 Å². The highest BCUT2D eigenvalue weighted by molar-refractivity contribution is 6.31. The van der Waals surface area contributed by atoms with Gasteiger partial charge in [0.2, 0.25) is 0 Å². The molecular formula is C15H11ClFN3O. The number of halogens is 2. The second kappa shape index (κ2) is 6.84. The van der Waals surface area contributed by atoms with E-state index >= 15 is 0 Å². The van der Waals surface area contributed by atoms with Crippen molar-refractivity contribution in [2.75, 3.05) is 11.9 Å². The van der Waals surface area contributed by atoms with E-state index in [1.165, 1.54) is 6.20 Å². The van der Waals surface area contributed by atoms with Crippen molar-refractivity contribution < 1.29 is 9.18 Å². The number of carbonyl (C=O) groups is 1. The lowest BCUT2D eigenvalue weighted by atomic mass is 10.2. The first-order valence-corrected chi connectivity index (χ1v) is 6.38. The minimum Gasteiger partial charge on any atom is -0.322 e. The third-order valence-electron chi connectivity index (χ3n) is 2.52. The average Bonchev–Trinajstić information content (AvgIpc) is 2.47. The smallest absolute Gasteiger partial charge is 0.257 e. The molecule has 106 valence electrons. The highest BCUT2D eigenvalue weighted by Gasteiger charge is 2.08. The summed E-state index contributed by atoms with van der Waals surface area (Å²) in [7, 11) is 0. The molecule has 0 bridgehead atoms. The Hall–Kier alpha value is -2.42. The lowest BCUT2D eigenvalue weighted by molar-refractivity contribution is 0.102. The van der Waals surface area contributed by atoms with Gasteiger partial charge in [0.15, 0.2) is 0 Å². The number of hydrogen-bond donors (Lipinski definition) is 2. The Kier molecular flexibility index (Phi) is 4.88. The summed E-state index contributed by atoms with van der Waals surface area (Å²) in [5.41, 5.74) is 6.48. The van der Waals surface area contributed by atoms with E-state index in [4.69, 9.17) is 17.3 Å². The molecule has 1 aromatic heterocycles. The van der Waals surface area contributed by atoms with Gasteiger partial charge in [0.1, 0.15) is 5.82 Å². The van der Waals surface area contributed by atoms with E-state index in [1.54, 1.807) is 18.2 Å². The molecule has 0 aliphatic rings. The molecule has 0 unspecified atom stereocenters. The molecule has 0 spiro atoms. The first-order valence-electron chi connectivity index (χ1n) is 6.00. The van der Waals surface area contributed by atoms with Gasteiger partial charge >= 0.3 is 0 Å². The number of nitrogens with two attached hydrogens (primary N) is 1. The first-order chi connectivity index (χ1) is 10.1. The molecule has 1 aromatic carbocycles. The van der Waals surface area contributed by atoms with Gasteiger partial charge in [0.05, 0.1) is 23.3 Å². The van der Waals surface area contributed by atoms with Gasteiger partial charge in [-0.05, 0) is 24.3 Å². The van der Waals surface area contributed by atoms with E-state index in [0.717, 1.165) is 12.3 Å². The zero-order chi connectivity index (χ0) is 15.2. The van der Waals surface area contributed by atoms with Gasteiger partial charge in [0, 0.05) is 17.4 Å². The largest absolute Gasteiger partial charge is 0.322 e. The second-order valence-corrected chi connectivity index (χ2v) is 4.45. The van der Waals surface area contributed by atoms with Crippen LogP contribution in [0.3, 0.4) is 0 Å². The summed E-state index contributed by atoms with van der Waals surface area (Å²) in [5.74, 6) is 4.44. The Morgan fingerprint density at radius 1 is 1.38 bits per heavy atom. The predicted molar refractivity (Wildman–Crippen MR) is 79.5 cm³/mol. The van der Waals surface area contributed by atoms with Crippen LogP contribution in [0.25, 0.3) is 0 Å². The molecule has 0 saturated carbocycles. The number of nitrogens with zero attached hydrogens (tertiary/aromatic N) is 1. The lowest BCUT2D eigenvalue weighted by Gasteiger charge is -2.06. The average molecular weight is 304 g/mol. The normalized spacial score (nSPS) is 9.67. The van der Waals surface area contributed by atoms with Crippen molar-refractivity contribution in [3.05, 3.63) is 58.6 Å². The Morgan fingerprint density at radius 3 is 2.90 bits per heavy atom. The van der Waals surface area contributed by atoms with Crippen LogP contribution in [0, 0.1) is 17.7 Å². The first kappa shape index (κ1) is 15.0. The van der Waals surface area contributed by atoms with Gasteiger partial charge < -0.3 is 11.1 Å². The molecule has 0 saturated heterocycles. The summed E-state index contributed by atoms with van der Waals surface area (Å²) in [6.07, 6.45) is 2.31. The molecule has 0 atom stereocenters. The fraction of sp³-hybridized carbons (Fsp3) is 0.0667. The zero-order valence-electron chi connectivity index (χ0n) is 10.9. The van der Waals surface area contributed by atoms with Crippen molar-refractivity contribution in [2.24, 2.45) is 5.73 Å². The highest BCUT2D eigenvalue weighted by Crippen LogP contribution is 2.20. The van der Waals surface area contributed by atoms with Crippen molar-refractivity contribution in [1.29, 1.82) is 0 Å². The maximum absolute atomic E-state index is 13.0. The minimum absolute atomic E-state index is 0.125. The fourth-order valence-corrected chi connectivity index (χ4v) is 1.75. The topological polar surface area (TPSA) is 68.0 Å². The van der Waals surface area contributed by atoms with Crippen LogP contribution in [0.15, 0.2) is 36.7 Å². The molecule has 3 N–H and O–H groups in total. The molecule has 2 aromatic rings. The van der Waals surface area contributed by atoms with Crippen LogP contribution < -0.4 is 11.1 Å². The van der Waals surface area contributed by atoms with Crippen molar-refractivity contribution in [3.8, 4) is 11.8 Å². The SMILES string of the molecule is NCC#Cc1cc(NC(=O)c2cncc(F)c2)ccc1Cl. The summed E-state index contributed by atoms with van der Waals surface area (Å²) in [4.78, 5) is 15.6. The van der Waals surface area contributed by atoms with Crippen LogP contribution in [0.5, 0.6) is 0 Å². The molecule has 1 amide bonds. The number of nitrogens with one attached hydrogen (secondary N) is 1. The highest BCUT2D eigenvalue weighted by atomic mass is 35.5. The van der Waals surface area contributed by atoms with Crippen LogP contribution in [-0.4, -0.2) is 17.4 Å². The Bertz CT molecular complexity index is 737. The molecule has 2 rings (SSSR count). The molecule has 6 heteroatoms. The van der Waals surface area contributed by atoms with Crippen LogP contribution >= 0.6 is 11.6 Å². The van der Waals surface area contributed by atoms with Gasteiger partial charge in [-0.1, -0.05) is 23.4 Å². The standard InChI is InChI=1S/C15H11ClFN3O/c16-14-4-3-13(7-10(14)2-1-5-18)20-15(21)11-6-12(17)9-19-8-11/h3-4,6-9H,5,18H2,(H,20,21). The fourth-order valence-electron chi connectivity index (χ4n) is 1.58. The van der Waals surface area contributed by atoms with Gasteiger partial charge in [-0.25, -0.2) is 4.39 Å². The lowest BCUT2D eigenvalue weighted by Crippen LogP contribution is -2.12. The quantitative estimate of drug-likeness (QED) is 0.837. The summed E-state index contributed by atoms with van der Waals surface area (Å²) in [6, 6.07) is 5.96. The summed E-state index contributed by atoms with van der Waals surface area (Å²) >= 11 is 5.99. The number of amides is 1.